The van der Waals surface area contributed by atoms with Crippen molar-refractivity contribution in [1.82, 2.24) is 5.43 Å². The molecule has 9 heteroatoms. The molecule has 0 bridgehead atoms. The second kappa shape index (κ2) is 15.5. The van der Waals surface area contributed by atoms with Crippen molar-refractivity contribution >= 4 is 35.5 Å². The largest absolute Gasteiger partial charge is 0.494 e. The quantitative estimate of drug-likeness (QED) is 0.146. The molecule has 0 aliphatic heterocycles. The monoisotopic (exact) mass is 537 g/mol. The SMILES string of the molecule is Cc1ccc(/C=N/NC(=O)c2cc(OCCCCF)ccc2NC(=O)c2cccc(CSCCO)c2)cc1. The van der Waals surface area contributed by atoms with E-state index in [-0.39, 0.29) is 18.1 Å². The van der Waals surface area contributed by atoms with E-state index < -0.39 is 12.6 Å². The molecular weight excluding hydrogens is 505 g/mol. The standard InChI is InChI=1S/C29H32FN3O4S/c1-21-7-9-22(10-8-21)19-31-33-29(36)26-18-25(37-15-3-2-13-30)11-12-27(26)32-28(35)24-6-4-5-23(17-24)20-38-16-14-34/h4-12,17-19,34H,2-3,13-16,20H2,1H3,(H,32,35)(H,33,36)/b31-19+. The van der Waals surface area contributed by atoms with Gasteiger partial charge in [0.1, 0.15) is 5.75 Å². The molecular formula is C29H32FN3O4S. The van der Waals surface area contributed by atoms with Crippen molar-refractivity contribution in [1.29, 1.82) is 0 Å². The zero-order valence-corrected chi connectivity index (χ0v) is 22.1. The summed E-state index contributed by atoms with van der Waals surface area (Å²) >= 11 is 1.57. The van der Waals surface area contributed by atoms with Crippen LogP contribution >= 0.6 is 11.8 Å². The lowest BCUT2D eigenvalue weighted by Crippen LogP contribution is -2.21. The lowest BCUT2D eigenvalue weighted by molar-refractivity contribution is 0.0955. The van der Waals surface area contributed by atoms with Gasteiger partial charge in [0, 0.05) is 17.1 Å². The summed E-state index contributed by atoms with van der Waals surface area (Å²) in [6.45, 7) is 1.98. The first kappa shape index (κ1) is 28.9. The summed E-state index contributed by atoms with van der Waals surface area (Å²) in [6.07, 6.45) is 2.48. The third-order valence-electron chi connectivity index (χ3n) is 5.43. The molecule has 0 saturated heterocycles. The van der Waals surface area contributed by atoms with Crippen LogP contribution in [0.15, 0.2) is 71.8 Å². The highest BCUT2D eigenvalue weighted by Gasteiger charge is 2.16. The molecule has 0 heterocycles. The van der Waals surface area contributed by atoms with Crippen LogP contribution in [-0.4, -0.2) is 48.8 Å². The van der Waals surface area contributed by atoms with E-state index in [0.717, 1.165) is 16.7 Å². The fourth-order valence-electron chi connectivity index (χ4n) is 3.43. The van der Waals surface area contributed by atoms with Gasteiger partial charge >= 0.3 is 0 Å². The van der Waals surface area contributed by atoms with Gasteiger partial charge in [-0.3, -0.25) is 14.0 Å². The number of hydrazone groups is 1. The van der Waals surface area contributed by atoms with E-state index in [2.05, 4.69) is 15.8 Å². The summed E-state index contributed by atoms with van der Waals surface area (Å²) in [5, 5.41) is 15.9. The number of hydrogen-bond acceptors (Lipinski definition) is 6. The van der Waals surface area contributed by atoms with Crippen molar-refractivity contribution in [3.8, 4) is 5.75 Å². The molecule has 0 radical (unpaired) electrons. The fraction of sp³-hybridized carbons (Fsp3) is 0.276. The molecule has 3 aromatic carbocycles. The Labute approximate surface area is 226 Å². The molecule has 3 N–H and O–H groups in total. The van der Waals surface area contributed by atoms with Gasteiger partial charge in [-0.15, -0.1) is 0 Å². The summed E-state index contributed by atoms with van der Waals surface area (Å²) in [7, 11) is 0. The van der Waals surface area contributed by atoms with Crippen LogP contribution in [0.25, 0.3) is 0 Å². The van der Waals surface area contributed by atoms with E-state index in [1.807, 2.05) is 37.3 Å². The van der Waals surface area contributed by atoms with Crippen molar-refractivity contribution in [2.24, 2.45) is 5.10 Å². The number of nitrogens with zero attached hydrogens (tertiary/aromatic N) is 1. The molecule has 0 spiro atoms. The second-order valence-electron chi connectivity index (χ2n) is 8.49. The smallest absolute Gasteiger partial charge is 0.273 e. The molecule has 3 aromatic rings. The Kier molecular flexibility index (Phi) is 11.8. The molecule has 200 valence electrons. The second-order valence-corrected chi connectivity index (χ2v) is 9.60. The number of aryl methyl sites for hydroxylation is 1. The van der Waals surface area contributed by atoms with Gasteiger partial charge < -0.3 is 15.2 Å². The molecule has 3 rings (SSSR count). The zero-order chi connectivity index (χ0) is 27.2. The first-order valence-electron chi connectivity index (χ1n) is 12.3. The Balaban J connectivity index is 1.77. The van der Waals surface area contributed by atoms with Crippen LogP contribution in [0.1, 0.15) is 50.2 Å². The van der Waals surface area contributed by atoms with Crippen molar-refractivity contribution in [3.63, 3.8) is 0 Å². The normalized spacial score (nSPS) is 10.9. The number of amides is 2. The predicted octanol–water partition coefficient (Wildman–Crippen LogP) is 5.37. The summed E-state index contributed by atoms with van der Waals surface area (Å²) in [4.78, 5) is 26.1. The van der Waals surface area contributed by atoms with Gasteiger partial charge in [0.2, 0.25) is 0 Å². The van der Waals surface area contributed by atoms with Gasteiger partial charge in [0.25, 0.3) is 11.8 Å². The van der Waals surface area contributed by atoms with E-state index in [0.29, 0.717) is 48.0 Å². The van der Waals surface area contributed by atoms with E-state index in [1.54, 1.807) is 42.1 Å². The molecule has 7 nitrogen and oxygen atoms in total. The molecule has 38 heavy (non-hydrogen) atoms. The number of benzene rings is 3. The zero-order valence-electron chi connectivity index (χ0n) is 21.3. The van der Waals surface area contributed by atoms with Crippen LogP contribution in [0.2, 0.25) is 0 Å². The molecule has 0 atom stereocenters. The van der Waals surface area contributed by atoms with Gasteiger partial charge in [-0.1, -0.05) is 42.0 Å². The number of carbonyl (C=O) groups excluding carboxylic acids is 2. The number of unbranched alkanes of at least 4 members (excludes halogenated alkanes) is 1. The lowest BCUT2D eigenvalue weighted by Gasteiger charge is -2.13. The number of hydrogen-bond donors (Lipinski definition) is 3. The minimum atomic E-state index is -0.521. The van der Waals surface area contributed by atoms with Gasteiger partial charge in [-0.2, -0.15) is 16.9 Å². The van der Waals surface area contributed by atoms with Crippen LogP contribution in [0, 0.1) is 6.92 Å². The highest BCUT2D eigenvalue weighted by Crippen LogP contribution is 2.24. The van der Waals surface area contributed by atoms with Gasteiger partial charge in [-0.25, -0.2) is 5.43 Å². The molecule has 2 amide bonds. The Bertz CT molecular complexity index is 1230. The first-order chi connectivity index (χ1) is 18.5. The summed E-state index contributed by atoms with van der Waals surface area (Å²) in [6, 6.07) is 19.6. The van der Waals surface area contributed by atoms with Crippen LogP contribution < -0.4 is 15.5 Å². The van der Waals surface area contributed by atoms with Crippen LogP contribution in [0.4, 0.5) is 10.1 Å². The number of carbonyl (C=O) groups is 2. The van der Waals surface area contributed by atoms with E-state index in [9.17, 15) is 14.0 Å². The molecule has 0 aromatic heterocycles. The molecule has 0 aliphatic carbocycles. The lowest BCUT2D eigenvalue weighted by atomic mass is 10.1. The highest BCUT2D eigenvalue weighted by molar-refractivity contribution is 7.98. The topological polar surface area (TPSA) is 100 Å². The number of halogens is 1. The number of aliphatic hydroxyl groups excluding tert-OH is 1. The Morgan fingerprint density at radius 1 is 1.05 bits per heavy atom. The van der Waals surface area contributed by atoms with Gasteiger partial charge in [0.15, 0.2) is 0 Å². The fourth-order valence-corrected chi connectivity index (χ4v) is 4.11. The van der Waals surface area contributed by atoms with Crippen molar-refractivity contribution in [2.75, 3.05) is 31.0 Å². The Morgan fingerprint density at radius 3 is 2.63 bits per heavy atom. The number of alkyl halides is 1. The van der Waals surface area contributed by atoms with Gasteiger partial charge in [-0.05, 0) is 61.2 Å². The number of anilines is 1. The number of nitrogens with one attached hydrogen (secondary N) is 2. The number of thioether (sulfide) groups is 1. The predicted molar refractivity (Wildman–Crippen MR) is 151 cm³/mol. The Morgan fingerprint density at radius 2 is 1.87 bits per heavy atom. The maximum Gasteiger partial charge on any atom is 0.273 e. The minimum Gasteiger partial charge on any atom is -0.494 e. The average molecular weight is 538 g/mol. The van der Waals surface area contributed by atoms with Crippen LogP contribution in [0.3, 0.4) is 0 Å². The summed E-state index contributed by atoms with van der Waals surface area (Å²) in [5.74, 6) is 0.823. The van der Waals surface area contributed by atoms with Gasteiger partial charge in [0.05, 0.1) is 37.4 Å². The maximum absolute atomic E-state index is 13.1. The molecule has 0 aliphatic rings. The first-order valence-corrected chi connectivity index (χ1v) is 13.5. The number of ether oxygens (including phenoxy) is 1. The Hall–Kier alpha value is -3.69. The van der Waals surface area contributed by atoms with E-state index in [4.69, 9.17) is 9.84 Å². The minimum absolute atomic E-state index is 0.0975. The maximum atomic E-state index is 13.1. The third-order valence-corrected chi connectivity index (χ3v) is 6.44. The third kappa shape index (κ3) is 9.32. The summed E-state index contributed by atoms with van der Waals surface area (Å²) in [5.41, 5.74) is 6.33. The number of aliphatic hydroxyl groups is 1. The number of rotatable bonds is 14. The van der Waals surface area contributed by atoms with Crippen LogP contribution in [-0.2, 0) is 5.75 Å². The van der Waals surface area contributed by atoms with Crippen LogP contribution in [0.5, 0.6) is 5.75 Å². The molecule has 0 unspecified atom stereocenters. The average Bonchev–Trinajstić information content (AvgIpc) is 2.93. The van der Waals surface area contributed by atoms with Crippen molar-refractivity contribution < 1.29 is 23.8 Å². The van der Waals surface area contributed by atoms with Crippen molar-refractivity contribution in [3.05, 3.63) is 94.5 Å². The van der Waals surface area contributed by atoms with Crippen molar-refractivity contribution in [2.45, 2.75) is 25.5 Å². The summed E-state index contributed by atoms with van der Waals surface area (Å²) < 4.78 is 18.1. The van der Waals surface area contributed by atoms with E-state index >= 15 is 0 Å². The molecule has 0 fully saturated rings. The van der Waals surface area contributed by atoms with E-state index in [1.165, 1.54) is 12.3 Å². The highest BCUT2D eigenvalue weighted by atomic mass is 32.2. The molecule has 0 saturated carbocycles.